The molecule has 9 aromatic carbocycles. The molecule has 0 fully saturated rings. The second-order valence-electron chi connectivity index (χ2n) is 10.5. The maximum absolute atomic E-state index is 9.97. The monoisotopic (exact) mass is 652 g/mol. The quantitative estimate of drug-likeness (QED) is 0.172. The molecule has 0 radical (unpaired) electrons. The number of hydrogen-bond donors (Lipinski definition) is 0. The average molecular weight is 653 g/mol. The molecule has 0 aliphatic carbocycles. The normalized spacial score (nSPS) is 20.2. The van der Waals surface area contributed by atoms with Crippen molar-refractivity contribution in [2.45, 2.75) is 0 Å². The van der Waals surface area contributed by atoms with E-state index in [0.717, 1.165) is 0 Å². The molecule has 0 aliphatic rings. The molecule has 0 saturated carbocycles. The first-order chi connectivity index (χ1) is 36.8. The van der Waals surface area contributed by atoms with Gasteiger partial charge in [-0.15, -0.1) is 0 Å². The molecule has 0 N–H and O–H groups in total. The van der Waals surface area contributed by atoms with Crippen molar-refractivity contribution in [1.29, 1.82) is 0 Å². The smallest absolute Gasteiger partial charge is 0.136 e. The Morgan fingerprint density at radius 2 is 0.776 bits per heavy atom. The zero-order valence-electron chi connectivity index (χ0n) is 54.4. The van der Waals surface area contributed by atoms with Gasteiger partial charge in [0.1, 0.15) is 11.2 Å². The Morgan fingerprint density at radius 3 is 1.37 bits per heavy atom. The summed E-state index contributed by atoms with van der Waals surface area (Å²) in [5.74, 6) is 0. The van der Waals surface area contributed by atoms with Gasteiger partial charge < -0.3 is 4.42 Å². The molecular formula is C48H30O. The maximum atomic E-state index is 9.97. The van der Waals surface area contributed by atoms with Crippen molar-refractivity contribution in [1.82, 2.24) is 0 Å². The van der Waals surface area contributed by atoms with Crippen LogP contribution in [-0.4, -0.2) is 0 Å². The molecule has 0 bridgehead atoms. The summed E-state index contributed by atoms with van der Waals surface area (Å²) < 4.78 is 277. The molecule has 228 valence electrons. The standard InChI is InChI=1S/C48H30O/c1-3-13-31(14-4-1)35-27-36(32-15-5-2-6-16-32)29-37(28-35)47-41-21-11-9-19-39(41)46(40-20-10-12-22-42(40)47)34-24-25-44-43(30-34)48-38-18-8-7-17-33(38)23-26-45(48)49-44/h1-30H/i1D,2D,3D,4D,5D,6D,7D,8D,9D,10D,11D,12D,13D,14D,15D,16D,17D,18D,19D,20D,21D,22D,23D,24D,25D,26D,27D,28D,29D,30D. The Hall–Kier alpha value is -6.44. The van der Waals surface area contributed by atoms with Gasteiger partial charge in [0.15, 0.2) is 0 Å². The minimum atomic E-state index is -1.18. The summed E-state index contributed by atoms with van der Waals surface area (Å²) in [7, 11) is 0. The molecule has 0 spiro atoms. The van der Waals surface area contributed by atoms with Crippen LogP contribution in [0.3, 0.4) is 0 Å². The van der Waals surface area contributed by atoms with Crippen molar-refractivity contribution < 1.29 is 45.5 Å². The van der Waals surface area contributed by atoms with Crippen LogP contribution in [-0.2, 0) is 0 Å². The third-order valence-corrected chi connectivity index (χ3v) is 7.82. The van der Waals surface area contributed by atoms with Crippen molar-refractivity contribution in [3.63, 3.8) is 0 Å². The van der Waals surface area contributed by atoms with Crippen molar-refractivity contribution >= 4 is 54.3 Å². The number of hydrogen-bond acceptors (Lipinski definition) is 1. The summed E-state index contributed by atoms with van der Waals surface area (Å²) in [6.45, 7) is 0. The van der Waals surface area contributed by atoms with Crippen molar-refractivity contribution in [2.75, 3.05) is 0 Å². The van der Waals surface area contributed by atoms with Gasteiger partial charge in [-0.2, -0.15) is 0 Å². The van der Waals surface area contributed by atoms with Crippen LogP contribution in [0.2, 0.25) is 0 Å². The highest BCUT2D eigenvalue weighted by Gasteiger charge is 2.19. The van der Waals surface area contributed by atoms with E-state index in [1.165, 1.54) is 0 Å². The lowest BCUT2D eigenvalue weighted by atomic mass is 9.84. The molecule has 0 saturated heterocycles. The number of rotatable bonds is 4. The van der Waals surface area contributed by atoms with Gasteiger partial charge >= 0.3 is 0 Å². The third-order valence-electron chi connectivity index (χ3n) is 7.82. The second-order valence-corrected chi connectivity index (χ2v) is 10.5. The van der Waals surface area contributed by atoms with Crippen molar-refractivity contribution in [3.8, 4) is 44.5 Å². The lowest BCUT2D eigenvalue weighted by Crippen LogP contribution is -1.92. The lowest BCUT2D eigenvalue weighted by Gasteiger charge is -2.19. The minimum absolute atomic E-state index is 0.444. The van der Waals surface area contributed by atoms with Gasteiger partial charge in [0, 0.05) is 10.8 Å². The van der Waals surface area contributed by atoms with E-state index >= 15 is 0 Å². The van der Waals surface area contributed by atoms with E-state index in [4.69, 9.17) is 31.8 Å². The predicted octanol–water partition coefficient (Wildman–Crippen LogP) is 13.7. The number of benzene rings is 9. The van der Waals surface area contributed by atoms with Crippen LogP contribution in [0.1, 0.15) is 41.1 Å². The van der Waals surface area contributed by atoms with Crippen LogP contribution in [0.25, 0.3) is 98.8 Å². The first kappa shape index (κ1) is 11.1. The van der Waals surface area contributed by atoms with E-state index in [-0.39, 0.29) is 0 Å². The zero-order valence-corrected chi connectivity index (χ0v) is 24.4. The van der Waals surface area contributed by atoms with Crippen LogP contribution in [0.5, 0.6) is 0 Å². The highest BCUT2D eigenvalue weighted by atomic mass is 16.3. The van der Waals surface area contributed by atoms with E-state index in [2.05, 4.69) is 0 Å². The SMILES string of the molecule is [2H]c1c([2H])c([2H])c(-c2c([2H])c(-c3c([2H])c([2H])c([2H])c([2H])c3[2H])c([2H])c(-c3c4c([2H])c([2H])c([2H])c([2H])c4c(-c4c([2H])c([2H])c5oc6c([2H])c([2H])c7c([2H])c([2H])c([2H])c([2H])c7c6c5c4[2H])c4c([2H])c([2H])c([2H])c([2H])c34)c2[2H])c([2H])c1[2H]. The molecule has 0 unspecified atom stereocenters. The van der Waals surface area contributed by atoms with Gasteiger partial charge in [-0.05, 0) is 113 Å². The molecule has 0 aliphatic heterocycles. The minimum Gasteiger partial charge on any atom is -0.456 e. The van der Waals surface area contributed by atoms with Crippen LogP contribution in [0.4, 0.5) is 0 Å². The summed E-state index contributed by atoms with van der Waals surface area (Å²) in [6, 6.07) is -30.0. The van der Waals surface area contributed by atoms with Gasteiger partial charge in [-0.1, -0.05) is 145 Å². The first-order valence-corrected chi connectivity index (χ1v) is 14.4. The molecule has 49 heavy (non-hydrogen) atoms. The van der Waals surface area contributed by atoms with Gasteiger partial charge in [0.05, 0.1) is 41.1 Å². The van der Waals surface area contributed by atoms with Crippen LogP contribution in [0.15, 0.2) is 186 Å². The van der Waals surface area contributed by atoms with E-state index < -0.39 is 280 Å². The second kappa shape index (κ2) is 11.1. The molecule has 10 aromatic rings. The van der Waals surface area contributed by atoms with Gasteiger partial charge in [-0.3, -0.25) is 0 Å². The molecule has 10 rings (SSSR count). The summed E-state index contributed by atoms with van der Waals surface area (Å²) in [6.07, 6.45) is 0. The van der Waals surface area contributed by atoms with E-state index in [1.807, 2.05) is 0 Å². The lowest BCUT2D eigenvalue weighted by molar-refractivity contribution is 0.669. The molecule has 1 heterocycles. The Balaban J connectivity index is 1.56. The van der Waals surface area contributed by atoms with Gasteiger partial charge in [-0.25, -0.2) is 0 Å². The highest BCUT2D eigenvalue weighted by Crippen LogP contribution is 2.46. The van der Waals surface area contributed by atoms with Crippen LogP contribution in [0, 0.1) is 0 Å². The predicted molar refractivity (Wildman–Crippen MR) is 208 cm³/mol. The zero-order chi connectivity index (χ0) is 58.4. The fourth-order valence-electron chi connectivity index (χ4n) is 5.80. The van der Waals surface area contributed by atoms with Gasteiger partial charge in [0.2, 0.25) is 0 Å². The Bertz CT molecular complexity index is 4360. The number of fused-ring (bicyclic) bond motifs is 7. The van der Waals surface area contributed by atoms with Crippen LogP contribution < -0.4 is 0 Å². The third kappa shape index (κ3) is 4.47. The van der Waals surface area contributed by atoms with E-state index in [0.29, 0.717) is 0 Å². The topological polar surface area (TPSA) is 13.1 Å². The average Bonchev–Trinajstić information content (AvgIpc) is 3.87. The molecule has 0 amide bonds. The largest absolute Gasteiger partial charge is 0.456 e. The summed E-state index contributed by atoms with van der Waals surface area (Å²) in [4.78, 5) is 0. The van der Waals surface area contributed by atoms with Crippen molar-refractivity contribution in [2.24, 2.45) is 0 Å². The van der Waals surface area contributed by atoms with E-state index in [1.54, 1.807) is 0 Å². The molecule has 1 nitrogen and oxygen atoms in total. The fraction of sp³-hybridized carbons (Fsp3) is 0. The Kier molecular flexibility index (Phi) is 2.50. The maximum Gasteiger partial charge on any atom is 0.136 e. The molecule has 1 heteroatoms. The van der Waals surface area contributed by atoms with Crippen LogP contribution >= 0.6 is 0 Å². The summed E-state index contributed by atoms with van der Waals surface area (Å²) in [5, 5.41) is -5.40. The molecule has 1 aromatic heterocycles. The van der Waals surface area contributed by atoms with Crippen molar-refractivity contribution in [3.05, 3.63) is 181 Å². The summed E-state index contributed by atoms with van der Waals surface area (Å²) in [5.41, 5.74) is -8.58. The fourth-order valence-corrected chi connectivity index (χ4v) is 5.80. The summed E-state index contributed by atoms with van der Waals surface area (Å²) >= 11 is 0. The highest BCUT2D eigenvalue weighted by molar-refractivity contribution is 6.24. The number of furan rings is 1. The van der Waals surface area contributed by atoms with E-state index in [9.17, 15) is 13.7 Å². The Morgan fingerprint density at radius 1 is 0.306 bits per heavy atom. The molecule has 0 atom stereocenters. The van der Waals surface area contributed by atoms with Gasteiger partial charge in [0.25, 0.3) is 0 Å². The molecular weight excluding hydrogens is 593 g/mol. The Labute approximate surface area is 326 Å². The first-order valence-electron chi connectivity index (χ1n) is 29.4.